The number of nitro benzene ring substituents is 1. The summed E-state index contributed by atoms with van der Waals surface area (Å²) in [4.78, 5) is 53.5. The zero-order valence-electron chi connectivity index (χ0n) is 17.7. The van der Waals surface area contributed by atoms with Crippen molar-refractivity contribution in [3.8, 4) is 5.75 Å². The second kappa shape index (κ2) is 7.44. The fraction of sp³-hybridized carbons (Fsp3) is 0.261. The molecule has 0 spiro atoms. The third kappa shape index (κ3) is 2.83. The largest absolute Gasteiger partial charge is 0.495 e. The predicted octanol–water partition coefficient (Wildman–Crippen LogP) is 2.29. The number of fused-ring (bicyclic) bond motifs is 5. The number of anilines is 1. The van der Waals surface area contributed by atoms with Crippen molar-refractivity contribution >= 4 is 35.2 Å². The summed E-state index contributed by atoms with van der Waals surface area (Å²) in [7, 11) is 2.58. The number of ether oxygens (including phenoxy) is 2. The van der Waals surface area contributed by atoms with Crippen molar-refractivity contribution in [2.24, 2.45) is 11.8 Å². The molecule has 33 heavy (non-hydrogen) atoms. The zero-order chi connectivity index (χ0) is 23.4. The Labute approximate surface area is 188 Å². The molecule has 3 heterocycles. The van der Waals surface area contributed by atoms with E-state index < -0.39 is 46.6 Å². The minimum absolute atomic E-state index is 0.0223. The van der Waals surface area contributed by atoms with Gasteiger partial charge in [0.25, 0.3) is 5.69 Å². The number of nitrogens with zero attached hydrogens (tertiary/aromatic N) is 3. The summed E-state index contributed by atoms with van der Waals surface area (Å²) in [6.07, 6.45) is 3.55. The van der Waals surface area contributed by atoms with Crippen LogP contribution in [0.3, 0.4) is 0 Å². The molecule has 2 fully saturated rings. The number of carbonyl (C=O) groups is 3. The molecule has 168 valence electrons. The van der Waals surface area contributed by atoms with Gasteiger partial charge in [0, 0.05) is 18.3 Å². The molecule has 0 unspecified atom stereocenters. The van der Waals surface area contributed by atoms with Crippen LogP contribution in [0, 0.1) is 22.0 Å². The second-order valence-corrected chi connectivity index (χ2v) is 7.98. The van der Waals surface area contributed by atoms with Gasteiger partial charge in [-0.3, -0.25) is 19.7 Å². The first-order valence-corrected chi connectivity index (χ1v) is 10.2. The fourth-order valence-electron chi connectivity index (χ4n) is 5.15. The lowest BCUT2D eigenvalue weighted by Gasteiger charge is -2.34. The molecule has 2 aromatic carbocycles. The lowest BCUT2D eigenvalue weighted by Crippen LogP contribution is -2.44. The summed E-state index contributed by atoms with van der Waals surface area (Å²) in [5.41, 5.74) is 1.39. The summed E-state index contributed by atoms with van der Waals surface area (Å²) in [6, 6.07) is 9.58. The third-order valence-corrected chi connectivity index (χ3v) is 6.52. The average molecular weight is 449 g/mol. The van der Waals surface area contributed by atoms with Gasteiger partial charge in [0.2, 0.25) is 11.8 Å². The minimum Gasteiger partial charge on any atom is -0.495 e. The molecule has 0 bridgehead atoms. The maximum Gasteiger partial charge on any atom is 0.329 e. The lowest BCUT2D eigenvalue weighted by molar-refractivity contribution is -0.384. The Morgan fingerprint density at radius 3 is 2.48 bits per heavy atom. The van der Waals surface area contributed by atoms with Crippen LogP contribution in [0.5, 0.6) is 5.75 Å². The summed E-state index contributed by atoms with van der Waals surface area (Å²) in [5.74, 6) is -3.57. The van der Waals surface area contributed by atoms with E-state index in [1.807, 2.05) is 30.3 Å². The molecule has 2 aromatic rings. The van der Waals surface area contributed by atoms with Crippen LogP contribution in [0.1, 0.15) is 17.2 Å². The lowest BCUT2D eigenvalue weighted by atomic mass is 9.84. The van der Waals surface area contributed by atoms with Gasteiger partial charge in [-0.25, -0.2) is 9.69 Å². The maximum atomic E-state index is 13.7. The number of methoxy groups -OCH3 is 2. The van der Waals surface area contributed by atoms with E-state index in [0.29, 0.717) is 0 Å². The molecule has 0 radical (unpaired) electrons. The van der Waals surface area contributed by atoms with E-state index in [2.05, 4.69) is 0 Å². The van der Waals surface area contributed by atoms with E-state index >= 15 is 0 Å². The van der Waals surface area contributed by atoms with Gasteiger partial charge >= 0.3 is 5.97 Å². The molecule has 3 aliphatic heterocycles. The number of carbonyl (C=O) groups excluding carboxylic acids is 3. The number of imide groups is 1. The van der Waals surface area contributed by atoms with E-state index in [1.54, 1.807) is 11.1 Å². The van der Waals surface area contributed by atoms with E-state index in [0.717, 1.165) is 22.1 Å². The van der Waals surface area contributed by atoms with Crippen LogP contribution in [-0.4, -0.2) is 47.9 Å². The van der Waals surface area contributed by atoms with Crippen molar-refractivity contribution in [1.82, 2.24) is 4.90 Å². The molecule has 4 atom stereocenters. The Kier molecular flexibility index (Phi) is 4.66. The van der Waals surface area contributed by atoms with Crippen molar-refractivity contribution in [3.63, 3.8) is 0 Å². The summed E-state index contributed by atoms with van der Waals surface area (Å²) >= 11 is 0. The summed E-state index contributed by atoms with van der Waals surface area (Å²) in [6.45, 7) is 0. The SMILES string of the molecule is COC(=O)[C@@H]1[C@@H]2C(=O)N(c3cc([N+](=O)[O-])ccc3OC)C(=O)[C@H]2[C@@H]2c3ccccc3C=CN12. The van der Waals surface area contributed by atoms with Crippen LogP contribution in [0.15, 0.2) is 48.7 Å². The van der Waals surface area contributed by atoms with Crippen molar-refractivity contribution in [2.45, 2.75) is 12.1 Å². The first-order valence-electron chi connectivity index (χ1n) is 10.2. The van der Waals surface area contributed by atoms with Crippen molar-refractivity contribution in [2.75, 3.05) is 19.1 Å². The Balaban J connectivity index is 1.67. The number of hydrogen-bond donors (Lipinski definition) is 0. The topological polar surface area (TPSA) is 119 Å². The monoisotopic (exact) mass is 449 g/mol. The molecule has 5 rings (SSSR count). The number of amides is 2. The standard InChI is InChI=1S/C23H19N3O7/c1-32-16-8-7-13(26(30)31)11-15(16)25-21(27)17-18(22(25)28)20(23(29)33-2)24-10-9-12-5-3-4-6-14(12)19(17)24/h3-11,17-20H,1-2H3/t17-,18-,19+,20+/m1/s1. The number of nitro groups is 1. The first kappa shape index (κ1) is 20.7. The normalized spacial score (nSPS) is 24.9. The van der Waals surface area contributed by atoms with Crippen molar-refractivity contribution in [1.29, 1.82) is 0 Å². The van der Waals surface area contributed by atoms with Gasteiger partial charge in [0.1, 0.15) is 17.5 Å². The van der Waals surface area contributed by atoms with E-state index in [-0.39, 0.29) is 17.1 Å². The van der Waals surface area contributed by atoms with E-state index in [1.165, 1.54) is 26.4 Å². The highest BCUT2D eigenvalue weighted by Crippen LogP contribution is 2.54. The number of esters is 1. The van der Waals surface area contributed by atoms with Crippen LogP contribution in [0.4, 0.5) is 11.4 Å². The Morgan fingerprint density at radius 1 is 1.06 bits per heavy atom. The van der Waals surface area contributed by atoms with Gasteiger partial charge in [0.15, 0.2) is 0 Å². The number of benzene rings is 2. The maximum absolute atomic E-state index is 13.7. The van der Waals surface area contributed by atoms with Crippen LogP contribution in [0.2, 0.25) is 0 Å². The smallest absolute Gasteiger partial charge is 0.329 e. The second-order valence-electron chi connectivity index (χ2n) is 7.98. The van der Waals surface area contributed by atoms with Gasteiger partial charge in [-0.1, -0.05) is 24.3 Å². The third-order valence-electron chi connectivity index (χ3n) is 6.52. The molecular formula is C23H19N3O7. The number of hydrogen-bond acceptors (Lipinski definition) is 8. The quantitative estimate of drug-likeness (QED) is 0.302. The minimum atomic E-state index is -1.02. The van der Waals surface area contributed by atoms with Crippen LogP contribution < -0.4 is 9.64 Å². The summed E-state index contributed by atoms with van der Waals surface area (Å²) < 4.78 is 10.3. The van der Waals surface area contributed by atoms with Crippen molar-refractivity contribution in [3.05, 3.63) is 69.9 Å². The molecule has 0 saturated carbocycles. The highest BCUT2D eigenvalue weighted by Gasteiger charge is 2.65. The highest BCUT2D eigenvalue weighted by molar-refractivity contribution is 6.24. The predicted molar refractivity (Wildman–Crippen MR) is 115 cm³/mol. The number of rotatable bonds is 4. The Bertz CT molecular complexity index is 1240. The van der Waals surface area contributed by atoms with Crippen molar-refractivity contribution < 1.29 is 28.8 Å². The van der Waals surface area contributed by atoms with Gasteiger partial charge in [-0.2, -0.15) is 0 Å². The average Bonchev–Trinajstić information content (AvgIpc) is 3.30. The Hall–Kier alpha value is -4.21. The zero-order valence-corrected chi connectivity index (χ0v) is 17.7. The van der Waals surface area contributed by atoms with Gasteiger partial charge in [0.05, 0.1) is 37.0 Å². The van der Waals surface area contributed by atoms with Gasteiger partial charge in [-0.15, -0.1) is 0 Å². The molecule has 10 heteroatoms. The Morgan fingerprint density at radius 2 is 1.79 bits per heavy atom. The molecule has 3 aliphatic rings. The van der Waals surface area contributed by atoms with Crippen LogP contribution in [-0.2, 0) is 19.1 Å². The molecular weight excluding hydrogens is 430 g/mol. The van der Waals surface area contributed by atoms with Gasteiger partial charge < -0.3 is 14.4 Å². The highest BCUT2D eigenvalue weighted by atomic mass is 16.6. The first-order chi connectivity index (χ1) is 15.9. The molecule has 0 aromatic heterocycles. The molecule has 10 nitrogen and oxygen atoms in total. The van der Waals surface area contributed by atoms with E-state index in [9.17, 15) is 24.5 Å². The van der Waals surface area contributed by atoms with Crippen LogP contribution in [0.25, 0.3) is 6.08 Å². The van der Waals surface area contributed by atoms with E-state index in [4.69, 9.17) is 9.47 Å². The number of non-ortho nitro benzene ring substituents is 1. The molecule has 2 amide bonds. The molecule has 0 N–H and O–H groups in total. The summed E-state index contributed by atoms with van der Waals surface area (Å²) in [5, 5.41) is 11.3. The fourth-order valence-corrected chi connectivity index (χ4v) is 5.15. The van der Waals surface area contributed by atoms with Crippen LogP contribution >= 0.6 is 0 Å². The molecule has 2 saturated heterocycles. The molecule has 0 aliphatic carbocycles. The van der Waals surface area contributed by atoms with Gasteiger partial charge in [-0.05, 0) is 23.3 Å².